The highest BCUT2D eigenvalue weighted by Crippen LogP contribution is 2.21. The first kappa shape index (κ1) is 23.0. The van der Waals surface area contributed by atoms with Gasteiger partial charge < -0.3 is 9.64 Å². The van der Waals surface area contributed by atoms with Gasteiger partial charge in [-0.05, 0) is 56.5 Å². The van der Waals surface area contributed by atoms with E-state index in [9.17, 15) is 18.0 Å². The van der Waals surface area contributed by atoms with Crippen molar-refractivity contribution in [3.8, 4) is 0 Å². The maximum absolute atomic E-state index is 12.6. The van der Waals surface area contributed by atoms with Crippen molar-refractivity contribution in [1.82, 2.24) is 9.21 Å². The number of carbonyl (C=O) groups is 2. The van der Waals surface area contributed by atoms with Crippen molar-refractivity contribution in [1.29, 1.82) is 0 Å². The standard InChI is InChI=1S/C23H28N2O5S/c1-18(2)25(16-19-8-4-3-5-9-19)22(26)17-30-23(27)20-10-12-21(13-11-20)31(28,29)24-14-6-7-15-24/h3-5,8-13,18H,6-7,14-17H2,1-2H3. The first-order chi connectivity index (χ1) is 14.8. The van der Waals surface area contributed by atoms with Gasteiger partial charge in [-0.15, -0.1) is 0 Å². The van der Waals surface area contributed by atoms with E-state index in [1.54, 1.807) is 4.90 Å². The number of hydrogen-bond donors (Lipinski definition) is 0. The first-order valence-electron chi connectivity index (χ1n) is 10.4. The van der Waals surface area contributed by atoms with Crippen molar-refractivity contribution < 1.29 is 22.7 Å². The van der Waals surface area contributed by atoms with E-state index in [0.29, 0.717) is 19.6 Å². The Kier molecular flexibility index (Phi) is 7.46. The Morgan fingerprint density at radius 1 is 1.00 bits per heavy atom. The summed E-state index contributed by atoms with van der Waals surface area (Å²) in [6.07, 6.45) is 1.71. The summed E-state index contributed by atoms with van der Waals surface area (Å²) in [5.74, 6) is -0.956. The first-order valence-corrected chi connectivity index (χ1v) is 11.8. The van der Waals surface area contributed by atoms with Crippen LogP contribution in [-0.4, -0.2) is 55.2 Å². The minimum Gasteiger partial charge on any atom is -0.452 e. The highest BCUT2D eigenvalue weighted by molar-refractivity contribution is 7.89. The molecule has 0 radical (unpaired) electrons. The molecule has 1 aliphatic heterocycles. The molecule has 7 nitrogen and oxygen atoms in total. The monoisotopic (exact) mass is 444 g/mol. The number of esters is 1. The molecule has 2 aromatic carbocycles. The normalized spacial score (nSPS) is 14.5. The fourth-order valence-corrected chi connectivity index (χ4v) is 4.99. The Morgan fingerprint density at radius 3 is 2.19 bits per heavy atom. The van der Waals surface area contributed by atoms with E-state index >= 15 is 0 Å². The molecule has 1 saturated heterocycles. The molecule has 0 atom stereocenters. The summed E-state index contributed by atoms with van der Waals surface area (Å²) < 4.78 is 31.8. The third-order valence-electron chi connectivity index (χ3n) is 5.26. The van der Waals surface area contributed by atoms with Crippen LogP contribution in [0, 0.1) is 0 Å². The molecule has 166 valence electrons. The van der Waals surface area contributed by atoms with Gasteiger partial charge in [0.15, 0.2) is 6.61 Å². The number of ether oxygens (including phenoxy) is 1. The quantitative estimate of drug-likeness (QED) is 0.585. The van der Waals surface area contributed by atoms with E-state index in [2.05, 4.69) is 0 Å². The molecule has 0 N–H and O–H groups in total. The third-order valence-corrected chi connectivity index (χ3v) is 7.17. The molecule has 0 spiro atoms. The van der Waals surface area contributed by atoms with Crippen molar-refractivity contribution in [2.75, 3.05) is 19.7 Å². The fourth-order valence-electron chi connectivity index (χ4n) is 3.47. The van der Waals surface area contributed by atoms with Gasteiger partial charge in [0.2, 0.25) is 10.0 Å². The number of benzene rings is 2. The number of amides is 1. The zero-order valence-electron chi connectivity index (χ0n) is 17.9. The van der Waals surface area contributed by atoms with Crippen LogP contribution in [0.15, 0.2) is 59.5 Å². The molecule has 1 heterocycles. The summed E-state index contributed by atoms with van der Waals surface area (Å²) in [6.45, 7) is 4.90. The topological polar surface area (TPSA) is 84.0 Å². The second kappa shape index (κ2) is 10.1. The highest BCUT2D eigenvalue weighted by atomic mass is 32.2. The second-order valence-electron chi connectivity index (χ2n) is 7.81. The molecule has 0 aliphatic carbocycles. The number of rotatable bonds is 8. The molecule has 8 heteroatoms. The molecule has 0 bridgehead atoms. The molecule has 31 heavy (non-hydrogen) atoms. The molecule has 1 amide bonds. The zero-order chi connectivity index (χ0) is 22.4. The van der Waals surface area contributed by atoms with Gasteiger partial charge in [0.1, 0.15) is 0 Å². The summed E-state index contributed by atoms with van der Waals surface area (Å²) in [5, 5.41) is 0. The predicted octanol–water partition coefficient (Wildman–Crippen LogP) is 3.07. The van der Waals surface area contributed by atoms with E-state index in [4.69, 9.17) is 4.74 Å². The molecule has 0 unspecified atom stereocenters. The van der Waals surface area contributed by atoms with E-state index in [0.717, 1.165) is 18.4 Å². The zero-order valence-corrected chi connectivity index (χ0v) is 18.7. The van der Waals surface area contributed by atoms with Crippen molar-refractivity contribution in [2.24, 2.45) is 0 Å². The lowest BCUT2D eigenvalue weighted by atomic mass is 10.2. The Hall–Kier alpha value is -2.71. The van der Waals surface area contributed by atoms with Gasteiger partial charge in [0.25, 0.3) is 5.91 Å². The fraction of sp³-hybridized carbons (Fsp3) is 0.391. The summed E-state index contributed by atoms with van der Waals surface area (Å²) in [7, 11) is -3.54. The smallest absolute Gasteiger partial charge is 0.338 e. The summed E-state index contributed by atoms with van der Waals surface area (Å²) in [4.78, 5) is 26.8. The van der Waals surface area contributed by atoms with Gasteiger partial charge in [-0.2, -0.15) is 4.31 Å². The van der Waals surface area contributed by atoms with Gasteiger partial charge in [-0.3, -0.25) is 4.79 Å². The van der Waals surface area contributed by atoms with E-state index in [1.165, 1.54) is 28.6 Å². The minimum absolute atomic E-state index is 0.0542. The largest absolute Gasteiger partial charge is 0.452 e. The molecular formula is C23H28N2O5S. The van der Waals surface area contributed by atoms with Gasteiger partial charge in [0.05, 0.1) is 10.5 Å². The summed E-state index contributed by atoms with van der Waals surface area (Å²) in [5.41, 5.74) is 1.19. The van der Waals surface area contributed by atoms with Crippen LogP contribution in [0.3, 0.4) is 0 Å². The van der Waals surface area contributed by atoms with Crippen molar-refractivity contribution in [3.05, 3.63) is 65.7 Å². The highest BCUT2D eigenvalue weighted by Gasteiger charge is 2.27. The lowest BCUT2D eigenvalue weighted by Gasteiger charge is -2.26. The van der Waals surface area contributed by atoms with Crippen molar-refractivity contribution in [2.45, 2.75) is 44.2 Å². The van der Waals surface area contributed by atoms with Crippen molar-refractivity contribution in [3.63, 3.8) is 0 Å². The maximum Gasteiger partial charge on any atom is 0.338 e. The minimum atomic E-state index is -3.54. The average Bonchev–Trinajstić information content (AvgIpc) is 3.32. The Morgan fingerprint density at radius 2 is 1.61 bits per heavy atom. The Labute approximate surface area is 183 Å². The van der Waals surface area contributed by atoms with Crippen LogP contribution in [-0.2, 0) is 26.1 Å². The lowest BCUT2D eigenvalue weighted by molar-refractivity contribution is -0.136. The second-order valence-corrected chi connectivity index (χ2v) is 9.75. The Balaban J connectivity index is 1.59. The molecular weight excluding hydrogens is 416 g/mol. The van der Waals surface area contributed by atoms with Crippen LogP contribution < -0.4 is 0 Å². The van der Waals surface area contributed by atoms with E-state index in [1.807, 2.05) is 44.2 Å². The molecule has 3 rings (SSSR count). The Bertz CT molecular complexity index is 998. The number of sulfonamides is 1. The van der Waals surface area contributed by atoms with Gasteiger partial charge in [-0.25, -0.2) is 13.2 Å². The van der Waals surface area contributed by atoms with Crippen LogP contribution in [0.1, 0.15) is 42.6 Å². The lowest BCUT2D eigenvalue weighted by Crippen LogP contribution is -2.39. The van der Waals surface area contributed by atoms with E-state index < -0.39 is 16.0 Å². The third kappa shape index (κ3) is 5.71. The summed E-state index contributed by atoms with van der Waals surface area (Å²) >= 11 is 0. The van der Waals surface area contributed by atoms with Gasteiger partial charge >= 0.3 is 5.97 Å². The van der Waals surface area contributed by atoms with Crippen LogP contribution in [0.25, 0.3) is 0 Å². The molecule has 1 fully saturated rings. The van der Waals surface area contributed by atoms with Crippen LogP contribution in [0.2, 0.25) is 0 Å². The average molecular weight is 445 g/mol. The molecule has 2 aromatic rings. The van der Waals surface area contributed by atoms with Crippen molar-refractivity contribution >= 4 is 21.9 Å². The SMILES string of the molecule is CC(C)N(Cc1ccccc1)C(=O)COC(=O)c1ccc(S(=O)(=O)N2CCCC2)cc1. The van der Waals surface area contributed by atoms with Crippen LogP contribution >= 0.6 is 0 Å². The molecule has 0 saturated carbocycles. The van der Waals surface area contributed by atoms with E-state index in [-0.39, 0.29) is 29.0 Å². The van der Waals surface area contributed by atoms with Gasteiger partial charge in [0, 0.05) is 25.7 Å². The number of carbonyl (C=O) groups excluding carboxylic acids is 2. The number of nitrogens with zero attached hydrogens (tertiary/aromatic N) is 2. The summed E-state index contributed by atoms with van der Waals surface area (Å²) in [6, 6.07) is 15.2. The predicted molar refractivity (Wildman–Crippen MR) is 117 cm³/mol. The molecule has 1 aliphatic rings. The van der Waals surface area contributed by atoms with Crippen LogP contribution in [0.5, 0.6) is 0 Å². The van der Waals surface area contributed by atoms with Crippen LogP contribution in [0.4, 0.5) is 0 Å². The number of hydrogen-bond acceptors (Lipinski definition) is 5. The van der Waals surface area contributed by atoms with Gasteiger partial charge in [-0.1, -0.05) is 30.3 Å². The molecule has 0 aromatic heterocycles. The maximum atomic E-state index is 12.6.